The van der Waals surface area contributed by atoms with Crippen LogP contribution in [-0.2, 0) is 5.41 Å². The summed E-state index contributed by atoms with van der Waals surface area (Å²) in [6, 6.07) is 17.2. The zero-order valence-corrected chi connectivity index (χ0v) is 19.0. The summed E-state index contributed by atoms with van der Waals surface area (Å²) >= 11 is 0. The summed E-state index contributed by atoms with van der Waals surface area (Å²) in [6.07, 6.45) is 4.27. The molecule has 3 N–H and O–H groups in total. The van der Waals surface area contributed by atoms with Crippen molar-refractivity contribution < 1.29 is 0 Å². The van der Waals surface area contributed by atoms with Crippen molar-refractivity contribution in [2.24, 2.45) is 0 Å². The van der Waals surface area contributed by atoms with E-state index in [0.29, 0.717) is 11.9 Å². The number of hydrogen-bond acceptors (Lipinski definition) is 5. The maximum Gasteiger partial charge on any atom is 0.229 e. The van der Waals surface area contributed by atoms with Crippen LogP contribution in [0.4, 0.5) is 23.1 Å². The summed E-state index contributed by atoms with van der Waals surface area (Å²) in [6.45, 7) is 10.9. The van der Waals surface area contributed by atoms with Crippen molar-refractivity contribution >= 4 is 23.1 Å². The normalized spacial score (nSPS) is 15.0. The lowest BCUT2D eigenvalue weighted by Gasteiger charge is -2.23. The molecule has 0 saturated carbocycles. The number of aryl methyl sites for hydroxylation is 1. The van der Waals surface area contributed by atoms with Gasteiger partial charge in [0.25, 0.3) is 0 Å². The molecule has 0 atom stereocenters. The van der Waals surface area contributed by atoms with Crippen LogP contribution in [0.25, 0.3) is 0 Å². The molecule has 3 aromatic rings. The lowest BCUT2D eigenvalue weighted by Crippen LogP contribution is -2.26. The predicted octanol–water partition coefficient (Wildman–Crippen LogP) is 6.04. The highest BCUT2D eigenvalue weighted by atomic mass is 15.1. The molecule has 0 spiro atoms. The number of nitrogens with one attached hydrogen (secondary N) is 3. The van der Waals surface area contributed by atoms with Gasteiger partial charge in [0.15, 0.2) is 0 Å². The molecule has 0 amide bonds. The molecule has 4 rings (SSSR count). The summed E-state index contributed by atoms with van der Waals surface area (Å²) in [4.78, 5) is 9.20. The molecule has 0 aliphatic carbocycles. The third kappa shape index (κ3) is 5.42. The number of anilines is 4. The smallest absolute Gasteiger partial charge is 0.229 e. The highest BCUT2D eigenvalue weighted by molar-refractivity contribution is 5.63. The van der Waals surface area contributed by atoms with Gasteiger partial charge >= 0.3 is 0 Å². The fourth-order valence-corrected chi connectivity index (χ4v) is 3.95. The first kappa shape index (κ1) is 21.3. The van der Waals surface area contributed by atoms with E-state index in [0.717, 1.165) is 35.8 Å². The van der Waals surface area contributed by atoms with Crippen molar-refractivity contribution in [1.82, 2.24) is 15.3 Å². The summed E-state index contributed by atoms with van der Waals surface area (Å²) in [5, 5.41) is 10.2. The van der Waals surface area contributed by atoms with E-state index in [9.17, 15) is 0 Å². The van der Waals surface area contributed by atoms with Crippen LogP contribution in [-0.4, -0.2) is 23.1 Å². The minimum Gasteiger partial charge on any atom is -0.340 e. The van der Waals surface area contributed by atoms with E-state index in [1.807, 2.05) is 13.1 Å². The molecule has 2 heterocycles. The number of aromatic nitrogens is 2. The summed E-state index contributed by atoms with van der Waals surface area (Å²) in [5.74, 6) is 2.06. The first-order valence-corrected chi connectivity index (χ1v) is 11.2. The van der Waals surface area contributed by atoms with Crippen molar-refractivity contribution in [2.45, 2.75) is 51.9 Å². The van der Waals surface area contributed by atoms with Gasteiger partial charge in [-0.15, -0.1) is 0 Å². The minimum atomic E-state index is 0.103. The summed E-state index contributed by atoms with van der Waals surface area (Å²) in [5.41, 5.74) is 5.85. The van der Waals surface area contributed by atoms with E-state index < -0.39 is 0 Å². The van der Waals surface area contributed by atoms with E-state index in [1.165, 1.54) is 24.0 Å². The molecule has 1 aliphatic heterocycles. The molecule has 1 saturated heterocycles. The molecular weight excluding hydrogens is 382 g/mol. The zero-order valence-electron chi connectivity index (χ0n) is 19.0. The Balaban J connectivity index is 1.48. The Bertz CT molecular complexity index is 1010. The van der Waals surface area contributed by atoms with Gasteiger partial charge < -0.3 is 16.0 Å². The molecule has 1 aromatic heterocycles. The molecular formula is C26H33N5. The van der Waals surface area contributed by atoms with Crippen LogP contribution in [0.3, 0.4) is 0 Å². The van der Waals surface area contributed by atoms with Crippen LogP contribution in [0.5, 0.6) is 0 Å². The van der Waals surface area contributed by atoms with Crippen molar-refractivity contribution in [1.29, 1.82) is 0 Å². The van der Waals surface area contributed by atoms with Gasteiger partial charge in [0.2, 0.25) is 5.95 Å². The highest BCUT2D eigenvalue weighted by Crippen LogP contribution is 2.28. The van der Waals surface area contributed by atoms with E-state index in [1.54, 1.807) is 0 Å². The van der Waals surface area contributed by atoms with Crippen molar-refractivity contribution in [3.8, 4) is 0 Å². The van der Waals surface area contributed by atoms with E-state index in [4.69, 9.17) is 4.98 Å². The number of benzene rings is 2. The fourth-order valence-electron chi connectivity index (χ4n) is 3.95. The molecule has 0 radical (unpaired) electrons. The Hall–Kier alpha value is -2.92. The van der Waals surface area contributed by atoms with Gasteiger partial charge in [-0.05, 0) is 79.6 Å². The molecule has 1 aliphatic rings. The van der Waals surface area contributed by atoms with Crippen LogP contribution in [0.15, 0.2) is 54.7 Å². The molecule has 5 heteroatoms. The first-order valence-electron chi connectivity index (χ1n) is 11.2. The Labute approximate surface area is 185 Å². The Morgan fingerprint density at radius 2 is 1.68 bits per heavy atom. The Kier molecular flexibility index (Phi) is 6.23. The van der Waals surface area contributed by atoms with Gasteiger partial charge in [-0.2, -0.15) is 4.98 Å². The topological polar surface area (TPSA) is 61.9 Å². The maximum absolute atomic E-state index is 4.73. The third-order valence-electron chi connectivity index (χ3n) is 5.94. The third-order valence-corrected chi connectivity index (χ3v) is 5.94. The Morgan fingerprint density at radius 3 is 2.39 bits per heavy atom. The maximum atomic E-state index is 4.73. The van der Waals surface area contributed by atoms with Crippen molar-refractivity contribution in [3.05, 3.63) is 71.4 Å². The zero-order chi connectivity index (χ0) is 21.8. The molecule has 5 nitrogen and oxygen atoms in total. The number of rotatable bonds is 5. The van der Waals surface area contributed by atoms with Crippen molar-refractivity contribution in [3.63, 3.8) is 0 Å². The highest BCUT2D eigenvalue weighted by Gasteiger charge is 2.16. The number of hydrogen-bond donors (Lipinski definition) is 3. The van der Waals surface area contributed by atoms with Crippen LogP contribution in [0.1, 0.15) is 56.2 Å². The molecule has 2 aromatic carbocycles. The van der Waals surface area contributed by atoms with Crippen LogP contribution in [0, 0.1) is 6.92 Å². The summed E-state index contributed by atoms with van der Waals surface area (Å²) in [7, 11) is 0. The average Bonchev–Trinajstić information content (AvgIpc) is 2.77. The van der Waals surface area contributed by atoms with Gasteiger partial charge in [0.05, 0.1) is 0 Å². The van der Waals surface area contributed by atoms with Crippen molar-refractivity contribution in [2.75, 3.05) is 23.7 Å². The fraction of sp³-hybridized carbons (Fsp3) is 0.385. The second-order valence-corrected chi connectivity index (χ2v) is 9.45. The van der Waals surface area contributed by atoms with Gasteiger partial charge in [-0.25, -0.2) is 4.98 Å². The largest absolute Gasteiger partial charge is 0.340 e. The lowest BCUT2D eigenvalue weighted by atomic mass is 9.87. The standard InChI is InChI=1S/C26H33N5/c1-18-17-28-25(30-22-10-8-19(9-11-22)20-12-14-27-15-13-20)31-24(18)29-23-7-5-6-21(16-23)26(2,3)4/h5-11,16-17,20,27H,12-15H2,1-4H3,(H2,28,29,30,31). The molecule has 162 valence electrons. The monoisotopic (exact) mass is 415 g/mol. The van der Waals surface area contributed by atoms with E-state index in [-0.39, 0.29) is 5.41 Å². The quantitative estimate of drug-likeness (QED) is 0.474. The molecule has 1 fully saturated rings. The Morgan fingerprint density at radius 1 is 0.935 bits per heavy atom. The second kappa shape index (κ2) is 9.06. The number of nitrogens with zero attached hydrogens (tertiary/aromatic N) is 2. The number of piperidine rings is 1. The second-order valence-electron chi connectivity index (χ2n) is 9.45. The van der Waals surface area contributed by atoms with Gasteiger partial charge in [0.1, 0.15) is 5.82 Å². The van der Waals surface area contributed by atoms with Crippen LogP contribution in [0.2, 0.25) is 0 Å². The summed E-state index contributed by atoms with van der Waals surface area (Å²) < 4.78 is 0. The van der Waals surface area contributed by atoms with Gasteiger partial charge in [-0.3, -0.25) is 0 Å². The SMILES string of the molecule is Cc1cnc(Nc2ccc(C3CCNCC3)cc2)nc1Nc1cccc(C(C)(C)C)c1. The predicted molar refractivity (Wildman–Crippen MR) is 130 cm³/mol. The first-order chi connectivity index (χ1) is 14.9. The lowest BCUT2D eigenvalue weighted by molar-refractivity contribution is 0.460. The van der Waals surface area contributed by atoms with Crippen LogP contribution >= 0.6 is 0 Å². The molecule has 0 unspecified atom stereocenters. The van der Waals surface area contributed by atoms with Gasteiger partial charge in [-0.1, -0.05) is 45.0 Å². The van der Waals surface area contributed by atoms with Crippen LogP contribution < -0.4 is 16.0 Å². The van der Waals surface area contributed by atoms with E-state index in [2.05, 4.69) is 90.2 Å². The van der Waals surface area contributed by atoms with Gasteiger partial charge in [0, 0.05) is 23.1 Å². The molecule has 31 heavy (non-hydrogen) atoms. The van der Waals surface area contributed by atoms with E-state index >= 15 is 0 Å². The molecule has 0 bridgehead atoms. The average molecular weight is 416 g/mol. The minimum absolute atomic E-state index is 0.103.